The van der Waals surface area contributed by atoms with Gasteiger partial charge >= 0.3 is 6.16 Å². The molecule has 0 atom stereocenters. The summed E-state index contributed by atoms with van der Waals surface area (Å²) in [6.45, 7) is 0. The van der Waals surface area contributed by atoms with Crippen LogP contribution in [-0.2, 0) is 0 Å². The first-order chi connectivity index (χ1) is 6.65. The Morgan fingerprint density at radius 2 is 2.21 bits per heavy atom. The summed E-state index contributed by atoms with van der Waals surface area (Å²) in [6, 6.07) is 5.26. The van der Waals surface area contributed by atoms with E-state index >= 15 is 0 Å². The SMILES string of the molecule is O=C(O)Oc1cc2ccc(F)cc2o1. The maximum Gasteiger partial charge on any atom is 0.513 e. The van der Waals surface area contributed by atoms with Gasteiger partial charge in [-0.05, 0) is 12.1 Å². The van der Waals surface area contributed by atoms with Gasteiger partial charge in [0.25, 0.3) is 5.95 Å². The van der Waals surface area contributed by atoms with Gasteiger partial charge < -0.3 is 14.3 Å². The van der Waals surface area contributed by atoms with Gasteiger partial charge in [-0.15, -0.1) is 0 Å². The number of ether oxygens (including phenoxy) is 1. The Bertz CT molecular complexity index is 489. The monoisotopic (exact) mass is 196 g/mol. The van der Waals surface area contributed by atoms with E-state index in [1.165, 1.54) is 18.2 Å². The third-order valence-corrected chi connectivity index (χ3v) is 1.65. The molecular weight excluding hydrogens is 191 g/mol. The van der Waals surface area contributed by atoms with Crippen molar-refractivity contribution in [3.05, 3.63) is 30.1 Å². The molecule has 72 valence electrons. The van der Waals surface area contributed by atoms with Gasteiger partial charge in [0.1, 0.15) is 11.4 Å². The van der Waals surface area contributed by atoms with E-state index in [-0.39, 0.29) is 11.5 Å². The zero-order chi connectivity index (χ0) is 10.1. The molecule has 2 rings (SSSR count). The summed E-state index contributed by atoms with van der Waals surface area (Å²) in [5, 5.41) is 8.88. The summed E-state index contributed by atoms with van der Waals surface area (Å²) in [5.74, 6) is -0.619. The van der Waals surface area contributed by atoms with Crippen LogP contribution in [0.2, 0.25) is 0 Å². The van der Waals surface area contributed by atoms with Crippen molar-refractivity contribution < 1.29 is 23.4 Å². The highest BCUT2D eigenvalue weighted by Crippen LogP contribution is 2.25. The van der Waals surface area contributed by atoms with Gasteiger partial charge in [0.15, 0.2) is 0 Å². The molecule has 0 unspecified atom stereocenters. The zero-order valence-electron chi connectivity index (χ0n) is 6.86. The molecule has 2 aromatic rings. The van der Waals surface area contributed by atoms with E-state index < -0.39 is 12.0 Å². The number of furan rings is 1. The van der Waals surface area contributed by atoms with Gasteiger partial charge in [-0.2, -0.15) is 0 Å². The van der Waals surface area contributed by atoms with Crippen molar-refractivity contribution in [3.8, 4) is 5.95 Å². The number of fused-ring (bicyclic) bond motifs is 1. The van der Waals surface area contributed by atoms with E-state index in [0.717, 1.165) is 6.07 Å². The number of hydrogen-bond donors (Lipinski definition) is 1. The minimum absolute atomic E-state index is 0.168. The summed E-state index contributed by atoms with van der Waals surface area (Å²) in [6.07, 6.45) is -1.47. The number of halogens is 1. The second kappa shape index (κ2) is 3.02. The van der Waals surface area contributed by atoms with Crippen LogP contribution in [0.5, 0.6) is 5.95 Å². The fraction of sp³-hybridized carbons (Fsp3) is 0. The zero-order valence-corrected chi connectivity index (χ0v) is 6.86. The summed E-state index contributed by atoms with van der Waals surface area (Å²) in [5.41, 5.74) is 0.251. The minimum atomic E-state index is -1.47. The molecule has 1 aromatic heterocycles. The lowest BCUT2D eigenvalue weighted by atomic mass is 10.2. The maximum atomic E-state index is 12.7. The third kappa shape index (κ3) is 1.52. The fourth-order valence-corrected chi connectivity index (χ4v) is 1.12. The van der Waals surface area contributed by atoms with Crippen LogP contribution in [0.3, 0.4) is 0 Å². The molecule has 0 aliphatic heterocycles. The fourth-order valence-electron chi connectivity index (χ4n) is 1.12. The van der Waals surface area contributed by atoms with Gasteiger partial charge in [0.2, 0.25) is 0 Å². The lowest BCUT2D eigenvalue weighted by Gasteiger charge is -1.90. The van der Waals surface area contributed by atoms with Crippen molar-refractivity contribution in [2.24, 2.45) is 0 Å². The number of carbonyl (C=O) groups is 1. The van der Waals surface area contributed by atoms with Crippen molar-refractivity contribution in [2.45, 2.75) is 0 Å². The molecule has 1 heterocycles. The van der Waals surface area contributed by atoms with Crippen molar-refractivity contribution in [1.29, 1.82) is 0 Å². The lowest BCUT2D eigenvalue weighted by molar-refractivity contribution is 0.134. The molecule has 0 fully saturated rings. The van der Waals surface area contributed by atoms with Crippen molar-refractivity contribution in [1.82, 2.24) is 0 Å². The molecule has 5 heteroatoms. The van der Waals surface area contributed by atoms with Crippen LogP contribution in [0.4, 0.5) is 9.18 Å². The first kappa shape index (κ1) is 8.55. The maximum absolute atomic E-state index is 12.7. The lowest BCUT2D eigenvalue weighted by Crippen LogP contribution is -2.01. The molecule has 0 radical (unpaired) electrons. The average Bonchev–Trinajstić information content (AvgIpc) is 2.44. The summed E-state index contributed by atoms with van der Waals surface area (Å²) in [7, 11) is 0. The quantitative estimate of drug-likeness (QED) is 0.712. The van der Waals surface area contributed by atoms with Gasteiger partial charge in [-0.1, -0.05) is 0 Å². The third-order valence-electron chi connectivity index (χ3n) is 1.65. The van der Waals surface area contributed by atoms with Gasteiger partial charge in [-0.25, -0.2) is 9.18 Å². The summed E-state index contributed by atoms with van der Waals surface area (Å²) in [4.78, 5) is 10.2. The smallest absolute Gasteiger partial charge is 0.449 e. The average molecular weight is 196 g/mol. The second-order valence-electron chi connectivity index (χ2n) is 2.62. The molecule has 0 amide bonds. The summed E-state index contributed by atoms with van der Waals surface area (Å²) < 4.78 is 21.9. The molecule has 0 saturated heterocycles. The first-order valence-electron chi connectivity index (χ1n) is 3.75. The largest absolute Gasteiger partial charge is 0.513 e. The molecule has 1 aromatic carbocycles. The van der Waals surface area contributed by atoms with Gasteiger partial charge in [0.05, 0.1) is 0 Å². The molecule has 0 spiro atoms. The molecule has 0 saturated carbocycles. The van der Waals surface area contributed by atoms with Crippen LogP contribution in [0.1, 0.15) is 0 Å². The second-order valence-corrected chi connectivity index (χ2v) is 2.62. The van der Waals surface area contributed by atoms with Gasteiger partial charge in [-0.3, -0.25) is 0 Å². The van der Waals surface area contributed by atoms with E-state index in [2.05, 4.69) is 4.74 Å². The van der Waals surface area contributed by atoms with Crippen molar-refractivity contribution >= 4 is 17.1 Å². The number of benzene rings is 1. The van der Waals surface area contributed by atoms with Crippen LogP contribution in [0.25, 0.3) is 11.0 Å². The van der Waals surface area contributed by atoms with Crippen LogP contribution in [0, 0.1) is 5.82 Å². The van der Waals surface area contributed by atoms with Crippen molar-refractivity contribution in [3.63, 3.8) is 0 Å². The molecule has 0 bridgehead atoms. The normalized spacial score (nSPS) is 10.4. The molecule has 4 nitrogen and oxygen atoms in total. The number of carboxylic acid groups (broad SMARTS) is 1. The van der Waals surface area contributed by atoms with Crippen LogP contribution >= 0.6 is 0 Å². The molecular formula is C9H5FO4. The Balaban J connectivity index is 2.46. The van der Waals surface area contributed by atoms with Crippen LogP contribution in [-0.4, -0.2) is 11.3 Å². The van der Waals surface area contributed by atoms with E-state index in [1.807, 2.05) is 0 Å². The highest BCUT2D eigenvalue weighted by molar-refractivity contribution is 5.79. The highest BCUT2D eigenvalue weighted by atomic mass is 19.1. The van der Waals surface area contributed by atoms with E-state index in [4.69, 9.17) is 9.52 Å². The van der Waals surface area contributed by atoms with Crippen LogP contribution < -0.4 is 4.74 Å². The van der Waals surface area contributed by atoms with Gasteiger partial charge in [0, 0.05) is 17.5 Å². The first-order valence-corrected chi connectivity index (χ1v) is 3.75. The Morgan fingerprint density at radius 1 is 1.43 bits per heavy atom. The number of rotatable bonds is 1. The predicted molar refractivity (Wildman–Crippen MR) is 44.8 cm³/mol. The Morgan fingerprint density at radius 3 is 2.93 bits per heavy atom. The number of hydrogen-bond acceptors (Lipinski definition) is 3. The van der Waals surface area contributed by atoms with Crippen LogP contribution in [0.15, 0.2) is 28.7 Å². The molecule has 1 N–H and O–H groups in total. The Kier molecular flexibility index (Phi) is 1.85. The minimum Gasteiger partial charge on any atom is -0.449 e. The summed E-state index contributed by atoms with van der Waals surface area (Å²) >= 11 is 0. The van der Waals surface area contributed by atoms with Crippen molar-refractivity contribution in [2.75, 3.05) is 0 Å². The predicted octanol–water partition coefficient (Wildman–Crippen LogP) is 2.63. The highest BCUT2D eigenvalue weighted by Gasteiger charge is 2.08. The Hall–Kier alpha value is -2.04. The molecule has 0 aliphatic rings. The molecule has 0 aliphatic carbocycles. The van der Waals surface area contributed by atoms with E-state index in [0.29, 0.717) is 5.39 Å². The Labute approximate surface area is 77.5 Å². The standard InChI is InChI=1S/C9H5FO4/c10-6-2-1-5-3-8(14-9(11)12)13-7(5)4-6/h1-4H,(H,11,12). The topological polar surface area (TPSA) is 59.7 Å². The van der Waals surface area contributed by atoms with E-state index in [9.17, 15) is 9.18 Å². The van der Waals surface area contributed by atoms with E-state index in [1.54, 1.807) is 0 Å². The molecule has 14 heavy (non-hydrogen) atoms.